The minimum atomic E-state index is -0.433. The van der Waals surface area contributed by atoms with E-state index in [-0.39, 0.29) is 11.7 Å². The minimum Gasteiger partial charge on any atom is -0.460 e. The zero-order valence-electron chi connectivity index (χ0n) is 11.9. The zero-order chi connectivity index (χ0) is 14.4. The van der Waals surface area contributed by atoms with Gasteiger partial charge in [-0.2, -0.15) is 0 Å². The second-order valence-corrected chi connectivity index (χ2v) is 4.51. The summed E-state index contributed by atoms with van der Waals surface area (Å²) in [4.78, 5) is 11.9. The molecule has 0 radical (unpaired) electrons. The van der Waals surface area contributed by atoms with Crippen LogP contribution in [0.4, 0.5) is 0 Å². The molecule has 1 aliphatic rings. The van der Waals surface area contributed by atoms with Crippen molar-refractivity contribution in [3.8, 4) is 0 Å². The van der Waals surface area contributed by atoms with Crippen molar-refractivity contribution >= 4 is 5.97 Å². The third-order valence-electron chi connectivity index (χ3n) is 3.11. The molecular weight excluding hydrogens is 256 g/mol. The van der Waals surface area contributed by atoms with Crippen LogP contribution in [-0.4, -0.2) is 25.5 Å². The first-order valence-electron chi connectivity index (χ1n) is 6.96. The van der Waals surface area contributed by atoms with Gasteiger partial charge in [0.2, 0.25) is 12.0 Å². The summed E-state index contributed by atoms with van der Waals surface area (Å²) in [5.74, 6) is -0.0934. The van der Waals surface area contributed by atoms with Crippen LogP contribution in [-0.2, 0) is 19.0 Å². The van der Waals surface area contributed by atoms with Crippen LogP contribution in [0.25, 0.3) is 0 Å². The topological polar surface area (TPSA) is 44.8 Å². The van der Waals surface area contributed by atoms with Crippen molar-refractivity contribution in [2.24, 2.45) is 0 Å². The quantitative estimate of drug-likeness (QED) is 0.775. The van der Waals surface area contributed by atoms with Gasteiger partial charge in [0.1, 0.15) is 0 Å². The van der Waals surface area contributed by atoms with Gasteiger partial charge in [0.25, 0.3) is 0 Å². The molecule has 0 aromatic heterocycles. The average Bonchev–Trinajstić information content (AvgIpc) is 2.48. The molecule has 0 bridgehead atoms. The molecule has 1 aliphatic heterocycles. The number of hydrogen-bond acceptors (Lipinski definition) is 4. The van der Waals surface area contributed by atoms with Gasteiger partial charge in [-0.25, -0.2) is 4.79 Å². The fourth-order valence-electron chi connectivity index (χ4n) is 2.23. The Labute approximate surface area is 119 Å². The third kappa shape index (κ3) is 3.61. The maximum absolute atomic E-state index is 11.9. The van der Waals surface area contributed by atoms with E-state index >= 15 is 0 Å². The van der Waals surface area contributed by atoms with Crippen LogP contribution in [0.1, 0.15) is 31.7 Å². The molecule has 0 fully saturated rings. The van der Waals surface area contributed by atoms with Crippen LogP contribution in [0.2, 0.25) is 0 Å². The molecule has 0 spiro atoms. The monoisotopic (exact) mass is 276 g/mol. The van der Waals surface area contributed by atoms with E-state index in [0.29, 0.717) is 19.6 Å². The number of carbonyl (C=O) groups excluding carboxylic acids is 1. The standard InChI is InChI=1S/C16H20O4/c1-3-18-15-11-13(12-8-6-5-7-9-12)10-14(20-15)16(17)19-4-2/h5-10,13,15H,3-4,11H2,1-2H3/t13-,15+/m0/s1. The molecule has 0 unspecified atom stereocenters. The molecule has 1 aromatic carbocycles. The van der Waals surface area contributed by atoms with Crippen molar-refractivity contribution < 1.29 is 19.0 Å². The minimum absolute atomic E-state index is 0.0981. The number of carbonyl (C=O) groups is 1. The molecule has 20 heavy (non-hydrogen) atoms. The van der Waals surface area contributed by atoms with Gasteiger partial charge in [0, 0.05) is 18.9 Å². The van der Waals surface area contributed by atoms with Gasteiger partial charge in [-0.15, -0.1) is 0 Å². The van der Waals surface area contributed by atoms with E-state index in [0.717, 1.165) is 5.56 Å². The Morgan fingerprint density at radius 2 is 2.00 bits per heavy atom. The lowest BCUT2D eigenvalue weighted by atomic mass is 9.93. The Bertz CT molecular complexity index is 467. The second-order valence-electron chi connectivity index (χ2n) is 4.51. The second kappa shape index (κ2) is 7.10. The highest BCUT2D eigenvalue weighted by molar-refractivity contribution is 5.86. The van der Waals surface area contributed by atoms with Crippen molar-refractivity contribution in [3.05, 3.63) is 47.7 Å². The molecule has 1 aromatic rings. The molecule has 0 N–H and O–H groups in total. The summed E-state index contributed by atoms with van der Waals surface area (Å²) in [6, 6.07) is 10.0. The van der Waals surface area contributed by atoms with Gasteiger partial charge in [0.15, 0.2) is 0 Å². The van der Waals surface area contributed by atoms with Crippen LogP contribution in [0.5, 0.6) is 0 Å². The van der Waals surface area contributed by atoms with E-state index in [1.807, 2.05) is 43.3 Å². The average molecular weight is 276 g/mol. The van der Waals surface area contributed by atoms with E-state index < -0.39 is 12.3 Å². The van der Waals surface area contributed by atoms with Crippen LogP contribution in [0.3, 0.4) is 0 Å². The van der Waals surface area contributed by atoms with Gasteiger partial charge >= 0.3 is 5.97 Å². The van der Waals surface area contributed by atoms with E-state index in [2.05, 4.69) is 0 Å². The number of allylic oxidation sites excluding steroid dienone is 1. The summed E-state index contributed by atoms with van der Waals surface area (Å²) in [6.45, 7) is 4.55. The van der Waals surface area contributed by atoms with Crippen LogP contribution >= 0.6 is 0 Å². The van der Waals surface area contributed by atoms with Gasteiger partial charge < -0.3 is 14.2 Å². The third-order valence-corrected chi connectivity index (χ3v) is 3.11. The molecular formula is C16H20O4. The van der Waals surface area contributed by atoms with Gasteiger partial charge in [-0.1, -0.05) is 30.3 Å². The number of ether oxygens (including phenoxy) is 3. The molecule has 108 valence electrons. The SMILES string of the molecule is CCOC(=O)C1=C[C@H](c2ccccc2)C[C@H](OCC)O1. The number of rotatable bonds is 5. The van der Waals surface area contributed by atoms with E-state index in [4.69, 9.17) is 14.2 Å². The van der Waals surface area contributed by atoms with Gasteiger partial charge in [-0.3, -0.25) is 0 Å². The molecule has 2 rings (SSSR count). The lowest BCUT2D eigenvalue weighted by Crippen LogP contribution is -2.27. The number of esters is 1. The highest BCUT2D eigenvalue weighted by atomic mass is 16.7. The molecule has 2 atom stereocenters. The highest BCUT2D eigenvalue weighted by Crippen LogP contribution is 2.31. The molecule has 4 nitrogen and oxygen atoms in total. The Hall–Kier alpha value is -1.81. The van der Waals surface area contributed by atoms with Crippen molar-refractivity contribution in [2.45, 2.75) is 32.5 Å². The lowest BCUT2D eigenvalue weighted by Gasteiger charge is -2.28. The first kappa shape index (κ1) is 14.6. The fraction of sp³-hybridized carbons (Fsp3) is 0.438. The van der Waals surface area contributed by atoms with Crippen LogP contribution in [0, 0.1) is 0 Å². The number of hydrogen-bond donors (Lipinski definition) is 0. The summed E-state index contributed by atoms with van der Waals surface area (Å²) in [5, 5.41) is 0. The normalized spacial score (nSPS) is 21.8. The molecule has 0 saturated carbocycles. The predicted octanol–water partition coefficient (Wildman–Crippen LogP) is 3.00. The van der Waals surface area contributed by atoms with Crippen molar-refractivity contribution in [3.63, 3.8) is 0 Å². The summed E-state index contributed by atoms with van der Waals surface area (Å²) in [6.07, 6.45) is 2.11. The van der Waals surface area contributed by atoms with Crippen LogP contribution < -0.4 is 0 Å². The lowest BCUT2D eigenvalue weighted by molar-refractivity contribution is -0.160. The van der Waals surface area contributed by atoms with E-state index in [1.54, 1.807) is 6.92 Å². The summed E-state index contributed by atoms with van der Waals surface area (Å²) < 4.78 is 16.1. The number of benzene rings is 1. The predicted molar refractivity (Wildman–Crippen MR) is 75.0 cm³/mol. The van der Waals surface area contributed by atoms with E-state index in [1.165, 1.54) is 0 Å². The maximum Gasteiger partial charge on any atom is 0.373 e. The summed E-state index contributed by atoms with van der Waals surface area (Å²) >= 11 is 0. The Morgan fingerprint density at radius 1 is 1.25 bits per heavy atom. The largest absolute Gasteiger partial charge is 0.460 e. The summed E-state index contributed by atoms with van der Waals surface area (Å²) in [7, 11) is 0. The fourth-order valence-corrected chi connectivity index (χ4v) is 2.23. The highest BCUT2D eigenvalue weighted by Gasteiger charge is 2.28. The first-order valence-corrected chi connectivity index (χ1v) is 6.96. The maximum atomic E-state index is 11.9. The Morgan fingerprint density at radius 3 is 2.65 bits per heavy atom. The molecule has 0 amide bonds. The zero-order valence-corrected chi connectivity index (χ0v) is 11.9. The molecule has 4 heteroatoms. The molecule has 0 aliphatic carbocycles. The van der Waals surface area contributed by atoms with Crippen molar-refractivity contribution in [1.29, 1.82) is 0 Å². The Kier molecular flexibility index (Phi) is 5.18. The van der Waals surface area contributed by atoms with Gasteiger partial charge in [-0.05, 0) is 25.5 Å². The van der Waals surface area contributed by atoms with Crippen molar-refractivity contribution in [2.75, 3.05) is 13.2 Å². The van der Waals surface area contributed by atoms with Crippen molar-refractivity contribution in [1.82, 2.24) is 0 Å². The van der Waals surface area contributed by atoms with Gasteiger partial charge in [0.05, 0.1) is 6.61 Å². The Balaban J connectivity index is 2.21. The first-order chi connectivity index (χ1) is 9.74. The molecule has 0 saturated heterocycles. The van der Waals surface area contributed by atoms with E-state index in [9.17, 15) is 4.79 Å². The van der Waals surface area contributed by atoms with Crippen LogP contribution in [0.15, 0.2) is 42.2 Å². The summed E-state index contributed by atoms with van der Waals surface area (Å²) in [5.41, 5.74) is 1.14. The molecule has 1 heterocycles. The smallest absolute Gasteiger partial charge is 0.373 e.